The van der Waals surface area contributed by atoms with E-state index in [0.29, 0.717) is 18.4 Å². The summed E-state index contributed by atoms with van der Waals surface area (Å²) in [5.41, 5.74) is -0.446. The Labute approximate surface area is 184 Å². The Morgan fingerprint density at radius 1 is 1.13 bits per heavy atom. The molecule has 7 nitrogen and oxygen atoms in total. The molecular weight excluding hydrogens is 378 g/mol. The second-order valence-electron chi connectivity index (χ2n) is 9.78. The number of carbonyl (C=O) groups is 1. The highest BCUT2D eigenvalue weighted by Gasteiger charge is 2.27. The first-order valence-electron chi connectivity index (χ1n) is 11.9. The van der Waals surface area contributed by atoms with Gasteiger partial charge in [-0.05, 0) is 78.3 Å². The van der Waals surface area contributed by atoms with Crippen LogP contribution in [0.25, 0.3) is 0 Å². The number of nitrogens with one attached hydrogen (secondary N) is 1. The number of aliphatic imine (C=N–C) groups is 1. The lowest BCUT2D eigenvalue weighted by atomic mass is 9.96. The van der Waals surface area contributed by atoms with Gasteiger partial charge in [0.2, 0.25) is 0 Å². The number of hydrogen-bond donors (Lipinski definition) is 1. The molecule has 0 aliphatic carbocycles. The van der Waals surface area contributed by atoms with Crippen LogP contribution in [0.4, 0.5) is 4.79 Å². The van der Waals surface area contributed by atoms with Gasteiger partial charge in [-0.15, -0.1) is 0 Å². The second kappa shape index (κ2) is 11.8. The van der Waals surface area contributed by atoms with Gasteiger partial charge < -0.3 is 24.8 Å². The van der Waals surface area contributed by atoms with Gasteiger partial charge in [0.25, 0.3) is 0 Å². The summed E-state index contributed by atoms with van der Waals surface area (Å²) >= 11 is 0. The lowest BCUT2D eigenvalue weighted by molar-refractivity contribution is 0.0214. The van der Waals surface area contributed by atoms with Crippen molar-refractivity contribution < 1.29 is 9.53 Å². The van der Waals surface area contributed by atoms with Crippen LogP contribution in [-0.2, 0) is 4.74 Å². The Morgan fingerprint density at radius 3 is 2.40 bits per heavy atom. The highest BCUT2D eigenvalue weighted by atomic mass is 16.6. The number of likely N-dealkylation sites (tertiary alicyclic amines) is 2. The molecule has 2 heterocycles. The normalized spacial score (nSPS) is 22.1. The van der Waals surface area contributed by atoms with Crippen LogP contribution in [0.15, 0.2) is 4.99 Å². The molecule has 2 fully saturated rings. The molecular formula is C23H45N5O2. The van der Waals surface area contributed by atoms with Gasteiger partial charge >= 0.3 is 6.09 Å². The third-order valence-electron chi connectivity index (χ3n) is 6.24. The third-order valence-corrected chi connectivity index (χ3v) is 6.24. The van der Waals surface area contributed by atoms with E-state index in [4.69, 9.17) is 4.74 Å². The van der Waals surface area contributed by atoms with Gasteiger partial charge in [0, 0.05) is 46.3 Å². The summed E-state index contributed by atoms with van der Waals surface area (Å²) in [6, 6.07) is 0. The molecule has 0 aromatic carbocycles. The van der Waals surface area contributed by atoms with Crippen LogP contribution in [0.2, 0.25) is 0 Å². The molecule has 0 spiro atoms. The first-order chi connectivity index (χ1) is 14.3. The zero-order chi connectivity index (χ0) is 22.1. The smallest absolute Gasteiger partial charge is 0.410 e. The van der Waals surface area contributed by atoms with E-state index in [-0.39, 0.29) is 6.09 Å². The number of ether oxygens (including phenoxy) is 1. The largest absolute Gasteiger partial charge is 0.444 e. The van der Waals surface area contributed by atoms with Gasteiger partial charge in [-0.2, -0.15) is 0 Å². The van der Waals surface area contributed by atoms with E-state index in [9.17, 15) is 4.79 Å². The molecule has 1 amide bonds. The Bertz CT molecular complexity index is 552. The maximum atomic E-state index is 12.4. The molecule has 30 heavy (non-hydrogen) atoms. The molecule has 2 rings (SSSR count). The number of nitrogens with zero attached hydrogens (tertiary/aromatic N) is 4. The summed E-state index contributed by atoms with van der Waals surface area (Å²) in [5.74, 6) is 2.25. The van der Waals surface area contributed by atoms with Crippen molar-refractivity contribution in [1.29, 1.82) is 0 Å². The first-order valence-corrected chi connectivity index (χ1v) is 11.9. The molecule has 1 atom stereocenters. The Hall–Kier alpha value is -1.50. The van der Waals surface area contributed by atoms with Crippen LogP contribution < -0.4 is 5.32 Å². The van der Waals surface area contributed by atoms with Crippen molar-refractivity contribution in [2.45, 2.75) is 65.9 Å². The molecule has 2 saturated heterocycles. The van der Waals surface area contributed by atoms with E-state index in [2.05, 4.69) is 27.0 Å². The minimum absolute atomic E-state index is 0.196. The highest BCUT2D eigenvalue weighted by Crippen LogP contribution is 2.20. The zero-order valence-electron chi connectivity index (χ0n) is 20.2. The maximum absolute atomic E-state index is 12.4. The van der Waals surface area contributed by atoms with Gasteiger partial charge in [0.15, 0.2) is 5.96 Å². The van der Waals surface area contributed by atoms with Crippen LogP contribution in [0.5, 0.6) is 0 Å². The average molecular weight is 424 g/mol. The molecule has 0 aromatic heterocycles. The summed E-state index contributed by atoms with van der Waals surface area (Å²) in [7, 11) is 1.88. The van der Waals surface area contributed by atoms with Crippen LogP contribution in [-0.4, -0.2) is 91.8 Å². The number of amides is 1. The molecule has 7 heteroatoms. The topological polar surface area (TPSA) is 60.4 Å². The number of guanidine groups is 1. The Kier molecular flexibility index (Phi) is 9.72. The van der Waals surface area contributed by atoms with Crippen molar-refractivity contribution in [1.82, 2.24) is 20.0 Å². The van der Waals surface area contributed by atoms with Gasteiger partial charge in [0.05, 0.1) is 0 Å². The lowest BCUT2D eigenvalue weighted by Gasteiger charge is -2.37. The fourth-order valence-corrected chi connectivity index (χ4v) is 4.47. The quantitative estimate of drug-likeness (QED) is 0.525. The Morgan fingerprint density at radius 2 is 1.83 bits per heavy atom. The molecule has 1 unspecified atom stereocenters. The second-order valence-corrected chi connectivity index (χ2v) is 9.78. The van der Waals surface area contributed by atoms with Gasteiger partial charge in [0.1, 0.15) is 5.60 Å². The van der Waals surface area contributed by atoms with Crippen molar-refractivity contribution in [3.05, 3.63) is 0 Å². The summed E-state index contributed by atoms with van der Waals surface area (Å²) in [4.78, 5) is 23.7. The highest BCUT2D eigenvalue weighted by molar-refractivity contribution is 5.80. The number of rotatable bonds is 6. The maximum Gasteiger partial charge on any atom is 0.410 e. The van der Waals surface area contributed by atoms with Crippen molar-refractivity contribution in [2.75, 3.05) is 59.4 Å². The van der Waals surface area contributed by atoms with Gasteiger partial charge in [-0.3, -0.25) is 4.99 Å². The molecule has 2 aliphatic heterocycles. The summed E-state index contributed by atoms with van der Waals surface area (Å²) in [6.45, 7) is 18.1. The molecule has 2 aliphatic rings. The van der Waals surface area contributed by atoms with E-state index in [0.717, 1.165) is 51.5 Å². The molecule has 0 bridgehead atoms. The SMILES string of the molecule is CCN1CCCC(CNC(=NC)N2CCC(CN(CC)C(=O)OC(C)(C)C)CC2)C1. The average Bonchev–Trinajstić information content (AvgIpc) is 2.72. The van der Waals surface area contributed by atoms with Crippen LogP contribution in [0, 0.1) is 11.8 Å². The number of hydrogen-bond acceptors (Lipinski definition) is 4. The first kappa shape index (κ1) is 24.8. The molecule has 1 N–H and O–H groups in total. The van der Waals surface area contributed by atoms with Crippen molar-refractivity contribution in [3.63, 3.8) is 0 Å². The van der Waals surface area contributed by atoms with Crippen molar-refractivity contribution in [3.8, 4) is 0 Å². The summed E-state index contributed by atoms with van der Waals surface area (Å²) in [6.07, 6.45) is 4.56. The monoisotopic (exact) mass is 423 g/mol. The van der Waals surface area contributed by atoms with E-state index in [1.54, 1.807) is 0 Å². The lowest BCUT2D eigenvalue weighted by Crippen LogP contribution is -2.49. The van der Waals surface area contributed by atoms with Gasteiger partial charge in [-0.1, -0.05) is 6.92 Å². The van der Waals surface area contributed by atoms with E-state index < -0.39 is 5.60 Å². The predicted octanol–water partition coefficient (Wildman–Crippen LogP) is 3.26. The minimum atomic E-state index is -0.446. The summed E-state index contributed by atoms with van der Waals surface area (Å²) in [5, 5.41) is 3.63. The zero-order valence-corrected chi connectivity index (χ0v) is 20.2. The third kappa shape index (κ3) is 7.97. The minimum Gasteiger partial charge on any atom is -0.444 e. The molecule has 174 valence electrons. The number of carbonyl (C=O) groups excluding carboxylic acids is 1. The molecule has 0 aromatic rings. The standard InChI is InChI=1S/C23H45N5O2/c1-7-26-13-9-10-20(17-26)16-25-21(24-6)28-14-11-19(12-15-28)18-27(8-2)22(29)30-23(3,4)5/h19-20H,7-18H2,1-6H3,(H,24,25). The fourth-order valence-electron chi connectivity index (χ4n) is 4.47. The number of piperidine rings is 2. The summed E-state index contributed by atoms with van der Waals surface area (Å²) < 4.78 is 5.56. The van der Waals surface area contributed by atoms with E-state index >= 15 is 0 Å². The fraction of sp³-hybridized carbons (Fsp3) is 0.913. The van der Waals surface area contributed by atoms with E-state index in [1.807, 2.05) is 39.6 Å². The van der Waals surface area contributed by atoms with Crippen LogP contribution in [0.3, 0.4) is 0 Å². The van der Waals surface area contributed by atoms with Gasteiger partial charge in [-0.25, -0.2) is 4.79 Å². The Balaban J connectivity index is 1.77. The molecule has 0 saturated carbocycles. The van der Waals surface area contributed by atoms with E-state index in [1.165, 1.54) is 25.9 Å². The van der Waals surface area contributed by atoms with Crippen LogP contribution >= 0.6 is 0 Å². The molecule has 0 radical (unpaired) electrons. The predicted molar refractivity (Wildman–Crippen MR) is 124 cm³/mol. The van der Waals surface area contributed by atoms with Crippen molar-refractivity contribution in [2.24, 2.45) is 16.8 Å². The van der Waals surface area contributed by atoms with Crippen LogP contribution in [0.1, 0.15) is 60.3 Å². The van der Waals surface area contributed by atoms with Crippen molar-refractivity contribution >= 4 is 12.1 Å².